The predicted octanol–water partition coefficient (Wildman–Crippen LogP) is 1.87. The third-order valence-corrected chi connectivity index (χ3v) is 2.87. The Labute approximate surface area is 130 Å². The Hall–Kier alpha value is -1.89. The Balaban J connectivity index is 2.78. The van der Waals surface area contributed by atoms with E-state index >= 15 is 0 Å². The van der Waals surface area contributed by atoms with Gasteiger partial charge in [0.05, 0.1) is 20.3 Å². The van der Waals surface area contributed by atoms with Crippen LogP contribution < -0.4 is 0 Å². The maximum Gasteiger partial charge on any atom is 0.360 e. The van der Waals surface area contributed by atoms with Gasteiger partial charge in [0.15, 0.2) is 5.69 Å². The van der Waals surface area contributed by atoms with Gasteiger partial charge in [0.2, 0.25) is 11.8 Å². The summed E-state index contributed by atoms with van der Waals surface area (Å²) in [7, 11) is 2.85. The first-order valence-electron chi connectivity index (χ1n) is 7.06. The summed E-state index contributed by atoms with van der Waals surface area (Å²) in [5, 5.41) is 0. The van der Waals surface area contributed by atoms with E-state index in [1.165, 1.54) is 13.4 Å². The third-order valence-electron chi connectivity index (χ3n) is 2.87. The lowest BCUT2D eigenvalue weighted by Gasteiger charge is -2.25. The molecule has 7 heteroatoms. The molecule has 124 valence electrons. The first-order chi connectivity index (χ1) is 10.3. The summed E-state index contributed by atoms with van der Waals surface area (Å²) >= 11 is 0. The van der Waals surface area contributed by atoms with Crippen LogP contribution in [0.1, 0.15) is 43.6 Å². The number of hydrogen-bond acceptors (Lipinski definition) is 6. The Morgan fingerprint density at radius 2 is 2.00 bits per heavy atom. The molecule has 0 saturated heterocycles. The maximum absolute atomic E-state index is 12.4. The number of oxazole rings is 1. The lowest BCUT2D eigenvalue weighted by Crippen LogP contribution is -2.35. The number of nitrogens with zero attached hydrogens (tertiary/aromatic N) is 2. The highest BCUT2D eigenvalue weighted by Gasteiger charge is 2.23. The fraction of sp³-hybridized carbons (Fsp3) is 0.667. The maximum atomic E-state index is 12.4. The molecule has 0 aliphatic carbocycles. The molecular weight excluding hydrogens is 288 g/mol. The van der Waals surface area contributed by atoms with Gasteiger partial charge in [-0.25, -0.2) is 9.78 Å². The van der Waals surface area contributed by atoms with Crippen LogP contribution in [0, 0.1) is 5.41 Å². The Morgan fingerprint density at radius 1 is 1.32 bits per heavy atom. The van der Waals surface area contributed by atoms with E-state index in [4.69, 9.17) is 9.15 Å². The topological polar surface area (TPSA) is 81.9 Å². The monoisotopic (exact) mass is 312 g/mol. The highest BCUT2D eigenvalue weighted by atomic mass is 16.5. The molecule has 0 aliphatic heterocycles. The highest BCUT2D eigenvalue weighted by Crippen LogP contribution is 2.20. The zero-order valence-corrected chi connectivity index (χ0v) is 13.8. The molecule has 0 bridgehead atoms. The number of hydrogen-bond donors (Lipinski definition) is 0. The van der Waals surface area contributed by atoms with Crippen molar-refractivity contribution in [2.45, 2.75) is 33.7 Å². The molecule has 22 heavy (non-hydrogen) atoms. The van der Waals surface area contributed by atoms with Crippen molar-refractivity contribution in [2.75, 3.05) is 27.4 Å². The van der Waals surface area contributed by atoms with E-state index in [0.29, 0.717) is 25.5 Å². The quantitative estimate of drug-likeness (QED) is 0.715. The van der Waals surface area contributed by atoms with Crippen molar-refractivity contribution < 1.29 is 23.5 Å². The summed E-state index contributed by atoms with van der Waals surface area (Å²) in [6.07, 6.45) is 1.63. The second kappa shape index (κ2) is 7.93. The molecule has 1 amide bonds. The molecule has 0 fully saturated rings. The second-order valence-corrected chi connectivity index (χ2v) is 6.16. The van der Waals surface area contributed by atoms with Crippen molar-refractivity contribution in [3.63, 3.8) is 0 Å². The van der Waals surface area contributed by atoms with Crippen LogP contribution in [-0.4, -0.2) is 49.1 Å². The Kier molecular flexibility index (Phi) is 6.55. The molecule has 0 aromatic carbocycles. The molecule has 1 rings (SSSR count). The first-order valence-corrected chi connectivity index (χ1v) is 7.06. The molecule has 0 N–H and O–H groups in total. The van der Waals surface area contributed by atoms with Crippen molar-refractivity contribution in [1.82, 2.24) is 9.88 Å². The summed E-state index contributed by atoms with van der Waals surface area (Å²) in [6.45, 7) is 7.04. The minimum absolute atomic E-state index is 0.0117. The van der Waals surface area contributed by atoms with Crippen LogP contribution in [-0.2, 0) is 20.8 Å². The molecule has 0 spiro atoms. The number of carbonyl (C=O) groups is 2. The molecule has 0 unspecified atom stereocenters. The minimum atomic E-state index is -0.570. The molecule has 0 radical (unpaired) electrons. The van der Waals surface area contributed by atoms with Gasteiger partial charge in [0, 0.05) is 20.1 Å². The lowest BCUT2D eigenvalue weighted by molar-refractivity contribution is -0.134. The van der Waals surface area contributed by atoms with Crippen LogP contribution in [0.4, 0.5) is 0 Å². The number of methoxy groups -OCH3 is 2. The molecule has 1 heterocycles. The van der Waals surface area contributed by atoms with Crippen LogP contribution in [0.3, 0.4) is 0 Å². The SMILES string of the molecule is COCCN(Cc1nc(C(=O)OC)co1)C(=O)CC(C)(C)C. The van der Waals surface area contributed by atoms with Crippen LogP contribution in [0.25, 0.3) is 0 Å². The number of ether oxygens (including phenoxy) is 2. The van der Waals surface area contributed by atoms with Gasteiger partial charge in [-0.05, 0) is 5.41 Å². The standard InChI is InChI=1S/C15H24N2O5/c1-15(2,3)8-13(18)17(6-7-20-4)9-12-16-11(10-22-12)14(19)21-5/h10H,6-9H2,1-5H3. The van der Waals surface area contributed by atoms with E-state index in [9.17, 15) is 9.59 Å². The lowest BCUT2D eigenvalue weighted by atomic mass is 9.91. The number of amides is 1. The molecule has 0 aliphatic rings. The van der Waals surface area contributed by atoms with Crippen LogP contribution in [0.2, 0.25) is 0 Å². The summed E-state index contributed by atoms with van der Waals surface area (Å²) in [6, 6.07) is 0. The fourth-order valence-corrected chi connectivity index (χ4v) is 1.80. The van der Waals surface area contributed by atoms with Gasteiger partial charge in [-0.2, -0.15) is 0 Å². The molecular formula is C15H24N2O5. The Morgan fingerprint density at radius 3 is 2.55 bits per heavy atom. The number of rotatable bonds is 7. The largest absolute Gasteiger partial charge is 0.464 e. The van der Waals surface area contributed by atoms with Crippen molar-refractivity contribution in [2.24, 2.45) is 5.41 Å². The fourth-order valence-electron chi connectivity index (χ4n) is 1.80. The van der Waals surface area contributed by atoms with E-state index < -0.39 is 5.97 Å². The summed E-state index contributed by atoms with van der Waals surface area (Å²) in [4.78, 5) is 29.4. The predicted molar refractivity (Wildman–Crippen MR) is 79.2 cm³/mol. The van der Waals surface area contributed by atoms with E-state index in [-0.39, 0.29) is 23.6 Å². The van der Waals surface area contributed by atoms with Crippen molar-refractivity contribution in [3.8, 4) is 0 Å². The average molecular weight is 312 g/mol. The zero-order valence-electron chi connectivity index (χ0n) is 13.8. The van der Waals surface area contributed by atoms with Gasteiger partial charge < -0.3 is 18.8 Å². The number of aromatic nitrogens is 1. The van der Waals surface area contributed by atoms with Crippen molar-refractivity contribution in [1.29, 1.82) is 0 Å². The van der Waals surface area contributed by atoms with Crippen LogP contribution in [0.15, 0.2) is 10.7 Å². The second-order valence-electron chi connectivity index (χ2n) is 6.16. The van der Waals surface area contributed by atoms with E-state index in [2.05, 4.69) is 9.72 Å². The zero-order chi connectivity index (χ0) is 16.8. The number of esters is 1. The first kappa shape index (κ1) is 18.2. The van der Waals surface area contributed by atoms with E-state index in [1.54, 1.807) is 12.0 Å². The normalized spacial score (nSPS) is 11.3. The number of carbonyl (C=O) groups excluding carboxylic acids is 2. The van der Waals surface area contributed by atoms with Gasteiger partial charge in [-0.3, -0.25) is 4.79 Å². The van der Waals surface area contributed by atoms with Gasteiger partial charge in [0.1, 0.15) is 6.26 Å². The average Bonchev–Trinajstić information content (AvgIpc) is 2.89. The minimum Gasteiger partial charge on any atom is -0.464 e. The van der Waals surface area contributed by atoms with Crippen LogP contribution >= 0.6 is 0 Å². The van der Waals surface area contributed by atoms with Gasteiger partial charge in [-0.1, -0.05) is 20.8 Å². The molecule has 1 aromatic rings. The molecule has 1 aromatic heterocycles. The third kappa shape index (κ3) is 5.85. The van der Waals surface area contributed by atoms with E-state index in [1.807, 2.05) is 20.8 Å². The van der Waals surface area contributed by atoms with Gasteiger partial charge in [-0.15, -0.1) is 0 Å². The Bertz CT molecular complexity index is 504. The summed E-state index contributed by atoms with van der Waals surface area (Å²) < 4.78 is 14.8. The van der Waals surface area contributed by atoms with Crippen LogP contribution in [0.5, 0.6) is 0 Å². The summed E-state index contributed by atoms with van der Waals surface area (Å²) in [5.74, 6) is -0.291. The van der Waals surface area contributed by atoms with Crippen molar-refractivity contribution >= 4 is 11.9 Å². The smallest absolute Gasteiger partial charge is 0.360 e. The molecule has 0 atom stereocenters. The van der Waals surface area contributed by atoms with Crippen molar-refractivity contribution in [3.05, 3.63) is 17.8 Å². The van der Waals surface area contributed by atoms with Gasteiger partial charge in [0.25, 0.3) is 0 Å². The highest BCUT2D eigenvalue weighted by molar-refractivity contribution is 5.86. The molecule has 7 nitrogen and oxygen atoms in total. The summed E-state index contributed by atoms with van der Waals surface area (Å²) in [5.41, 5.74) is -0.0247. The molecule has 0 saturated carbocycles. The van der Waals surface area contributed by atoms with E-state index in [0.717, 1.165) is 0 Å². The van der Waals surface area contributed by atoms with Gasteiger partial charge >= 0.3 is 5.97 Å².